The summed E-state index contributed by atoms with van der Waals surface area (Å²) in [5, 5.41) is 23.1. The lowest BCUT2D eigenvalue weighted by Gasteiger charge is -1.98. The molecule has 0 aliphatic heterocycles. The summed E-state index contributed by atoms with van der Waals surface area (Å²) in [6.45, 7) is 1.69. The van der Waals surface area contributed by atoms with Crippen molar-refractivity contribution in [3.8, 4) is 0 Å². The van der Waals surface area contributed by atoms with Gasteiger partial charge in [-0.15, -0.1) is 0 Å². The summed E-state index contributed by atoms with van der Waals surface area (Å²) < 4.78 is 12.9. The Bertz CT molecular complexity index is 393. The molecule has 0 amide bonds. The van der Waals surface area contributed by atoms with Crippen LogP contribution in [0.15, 0.2) is 18.2 Å². The first-order valence-electron chi connectivity index (χ1n) is 4.09. The smallest absolute Gasteiger partial charge is 0.293 e. The number of benzene rings is 1. The monoisotopic (exact) mass is 230 g/mol. The largest absolute Gasteiger partial charge is 0.356 e. The zero-order valence-corrected chi connectivity index (χ0v) is 8.44. The van der Waals surface area contributed by atoms with E-state index >= 15 is 0 Å². The van der Waals surface area contributed by atoms with Crippen LogP contribution in [0.1, 0.15) is 5.56 Å². The van der Waals surface area contributed by atoms with E-state index in [1.54, 1.807) is 19.1 Å². The number of quaternary nitrogens is 1. The maximum Gasteiger partial charge on any atom is 0.293 e. The fourth-order valence-corrected chi connectivity index (χ4v) is 0.878. The van der Waals surface area contributed by atoms with Gasteiger partial charge in [0.1, 0.15) is 11.5 Å². The number of hydrogen-bond acceptors (Lipinski definition) is 4. The molecule has 8 heteroatoms. The van der Waals surface area contributed by atoms with Crippen molar-refractivity contribution in [2.24, 2.45) is 5.73 Å². The SMILES string of the molecule is Cc1ccc([NH2+]C(=N)N)cc1F.O=[N+]([O-])[O-]. The van der Waals surface area contributed by atoms with Crippen LogP contribution < -0.4 is 11.1 Å². The van der Waals surface area contributed by atoms with Crippen LogP contribution in [0.3, 0.4) is 0 Å². The Morgan fingerprint density at radius 1 is 1.56 bits per heavy atom. The molecule has 0 fully saturated rings. The Morgan fingerprint density at radius 2 is 2.06 bits per heavy atom. The van der Waals surface area contributed by atoms with E-state index in [9.17, 15) is 4.39 Å². The number of nitrogens with zero attached hydrogens (tertiary/aromatic N) is 1. The molecular weight excluding hydrogens is 219 g/mol. The van der Waals surface area contributed by atoms with Crippen molar-refractivity contribution in [1.29, 1.82) is 5.41 Å². The quantitative estimate of drug-likeness (QED) is 0.205. The number of guanidine groups is 1. The van der Waals surface area contributed by atoms with Crippen LogP contribution >= 0.6 is 0 Å². The second-order valence-electron chi connectivity index (χ2n) is 2.83. The standard InChI is InChI=1S/C8H10FN3.NO3/c1-5-2-3-6(4-7(5)9)12-8(10)11;2-1(3)4/h2-4H,1H3,(H4,10,11,12);/q;-1/p+1. The molecular formula is C8H11FN4O3. The molecule has 1 rings (SSSR count). The van der Waals surface area contributed by atoms with Crippen LogP contribution in [0.25, 0.3) is 0 Å². The highest BCUT2D eigenvalue weighted by Crippen LogP contribution is 2.08. The third-order valence-electron chi connectivity index (χ3n) is 1.52. The molecule has 0 bridgehead atoms. The second-order valence-corrected chi connectivity index (χ2v) is 2.83. The Morgan fingerprint density at radius 3 is 2.44 bits per heavy atom. The van der Waals surface area contributed by atoms with Gasteiger partial charge in [0.2, 0.25) is 0 Å². The number of hydrogen-bond donors (Lipinski definition) is 3. The van der Waals surface area contributed by atoms with Crippen molar-refractivity contribution >= 4 is 11.6 Å². The lowest BCUT2D eigenvalue weighted by molar-refractivity contribution is -0.447. The Hall–Kier alpha value is -2.22. The van der Waals surface area contributed by atoms with E-state index in [1.165, 1.54) is 11.4 Å². The van der Waals surface area contributed by atoms with Gasteiger partial charge in [-0.25, -0.2) is 9.80 Å². The van der Waals surface area contributed by atoms with Crippen molar-refractivity contribution in [1.82, 2.24) is 0 Å². The molecule has 0 aromatic heterocycles. The molecule has 0 radical (unpaired) electrons. The van der Waals surface area contributed by atoms with Gasteiger partial charge in [-0.2, -0.15) is 0 Å². The first kappa shape index (κ1) is 13.8. The summed E-state index contributed by atoms with van der Waals surface area (Å²) in [5.41, 5.74) is 6.33. The highest BCUT2D eigenvalue weighted by Gasteiger charge is 2.02. The molecule has 0 aliphatic rings. The molecule has 16 heavy (non-hydrogen) atoms. The van der Waals surface area contributed by atoms with Gasteiger partial charge in [0, 0.05) is 6.07 Å². The van der Waals surface area contributed by atoms with Crippen LogP contribution in [0.5, 0.6) is 0 Å². The Balaban J connectivity index is 0.000000487. The summed E-state index contributed by atoms with van der Waals surface area (Å²) in [5.74, 6) is -0.344. The van der Waals surface area contributed by atoms with Crippen molar-refractivity contribution in [3.63, 3.8) is 0 Å². The molecule has 5 N–H and O–H groups in total. The summed E-state index contributed by atoms with van der Waals surface area (Å²) in [4.78, 5) is 8.25. The molecule has 88 valence electrons. The molecule has 1 aromatic carbocycles. The minimum Gasteiger partial charge on any atom is -0.356 e. The zero-order chi connectivity index (χ0) is 12.7. The number of nitrogens with one attached hydrogen (secondary N) is 1. The van der Waals surface area contributed by atoms with Crippen molar-refractivity contribution < 1.29 is 14.8 Å². The fraction of sp³-hybridized carbons (Fsp3) is 0.125. The van der Waals surface area contributed by atoms with Gasteiger partial charge in [0.05, 0.1) is 5.09 Å². The summed E-state index contributed by atoms with van der Waals surface area (Å²) in [6.07, 6.45) is 0. The molecule has 0 unspecified atom stereocenters. The van der Waals surface area contributed by atoms with Gasteiger partial charge >= 0.3 is 0 Å². The first-order chi connectivity index (χ1) is 7.32. The molecule has 1 aromatic rings. The minimum atomic E-state index is -1.75. The topological polar surface area (TPSA) is 133 Å². The van der Waals surface area contributed by atoms with Gasteiger partial charge in [0.15, 0.2) is 0 Å². The minimum absolute atomic E-state index is 0.0711. The van der Waals surface area contributed by atoms with Crippen LogP contribution in [-0.2, 0) is 0 Å². The van der Waals surface area contributed by atoms with E-state index in [2.05, 4.69) is 0 Å². The average molecular weight is 230 g/mol. The van der Waals surface area contributed by atoms with E-state index in [0.29, 0.717) is 11.3 Å². The average Bonchev–Trinajstić information content (AvgIpc) is 2.09. The van der Waals surface area contributed by atoms with Gasteiger partial charge < -0.3 is 21.1 Å². The Kier molecular flexibility index (Phi) is 5.42. The van der Waals surface area contributed by atoms with E-state index in [1.807, 2.05) is 0 Å². The summed E-state index contributed by atoms with van der Waals surface area (Å²) in [6, 6.07) is 4.74. The maximum absolute atomic E-state index is 12.9. The highest BCUT2D eigenvalue weighted by atomic mass is 19.1. The van der Waals surface area contributed by atoms with Crippen LogP contribution in [0.2, 0.25) is 0 Å². The lowest BCUT2D eigenvalue weighted by atomic mass is 10.2. The van der Waals surface area contributed by atoms with Crippen molar-refractivity contribution in [2.75, 3.05) is 0 Å². The molecule has 0 atom stereocenters. The zero-order valence-electron chi connectivity index (χ0n) is 8.44. The Labute approximate surface area is 90.3 Å². The lowest BCUT2D eigenvalue weighted by Crippen LogP contribution is -2.85. The van der Waals surface area contributed by atoms with Crippen LogP contribution in [0, 0.1) is 33.5 Å². The van der Waals surface area contributed by atoms with Gasteiger partial charge in [-0.1, -0.05) is 6.07 Å². The number of nitrogens with two attached hydrogens (primary N) is 2. The number of halogens is 1. The predicted octanol–water partition coefficient (Wildman–Crippen LogP) is -0.0166. The second kappa shape index (κ2) is 6.30. The number of aryl methyl sites for hydroxylation is 1. The van der Waals surface area contributed by atoms with Gasteiger partial charge in [-0.3, -0.25) is 5.32 Å². The van der Waals surface area contributed by atoms with Crippen LogP contribution in [0.4, 0.5) is 10.1 Å². The third kappa shape index (κ3) is 6.27. The maximum atomic E-state index is 12.9. The van der Waals surface area contributed by atoms with E-state index in [4.69, 9.17) is 26.5 Å². The summed E-state index contributed by atoms with van der Waals surface area (Å²) >= 11 is 0. The van der Waals surface area contributed by atoms with Crippen molar-refractivity contribution in [3.05, 3.63) is 44.9 Å². The predicted molar refractivity (Wildman–Crippen MR) is 55.0 cm³/mol. The molecule has 0 saturated heterocycles. The molecule has 0 aliphatic carbocycles. The van der Waals surface area contributed by atoms with Crippen molar-refractivity contribution in [2.45, 2.75) is 6.92 Å². The summed E-state index contributed by atoms with van der Waals surface area (Å²) in [7, 11) is 0. The first-order valence-corrected chi connectivity index (χ1v) is 4.09. The molecule has 0 spiro atoms. The molecule has 0 saturated carbocycles. The van der Waals surface area contributed by atoms with E-state index in [0.717, 1.165) is 0 Å². The molecule has 7 nitrogen and oxygen atoms in total. The molecule has 0 heterocycles. The van der Waals surface area contributed by atoms with Gasteiger partial charge in [0.25, 0.3) is 5.96 Å². The van der Waals surface area contributed by atoms with E-state index in [-0.39, 0.29) is 11.8 Å². The highest BCUT2D eigenvalue weighted by molar-refractivity contribution is 5.65. The third-order valence-corrected chi connectivity index (χ3v) is 1.52. The normalized spacial score (nSPS) is 8.88. The number of rotatable bonds is 1. The van der Waals surface area contributed by atoms with E-state index < -0.39 is 5.09 Å². The van der Waals surface area contributed by atoms with Gasteiger partial charge in [-0.05, 0) is 18.6 Å². The fourth-order valence-electron chi connectivity index (χ4n) is 0.878. The van der Waals surface area contributed by atoms with Crippen LogP contribution in [-0.4, -0.2) is 11.0 Å².